The zero-order chi connectivity index (χ0) is 16.3. The molecule has 1 atom stereocenters. The van der Waals surface area contributed by atoms with Gasteiger partial charge in [0.15, 0.2) is 6.35 Å². The topological polar surface area (TPSA) is 46.5 Å². The zero-order valence-corrected chi connectivity index (χ0v) is 14.5. The highest BCUT2D eigenvalue weighted by molar-refractivity contribution is 7.52. The summed E-state index contributed by atoms with van der Waals surface area (Å²) in [7, 11) is -4.54. The first-order valence-corrected chi connectivity index (χ1v) is 8.98. The van der Waals surface area contributed by atoms with Crippen molar-refractivity contribution in [2.75, 3.05) is 13.0 Å². The van der Waals surface area contributed by atoms with E-state index in [1.807, 2.05) is 13.0 Å². The number of halogens is 1. The Labute approximate surface area is 128 Å². The summed E-state index contributed by atoms with van der Waals surface area (Å²) in [5.41, 5.74) is 3.87. The molecule has 0 fully saturated rings. The normalized spacial score (nSPS) is 15.7. The van der Waals surface area contributed by atoms with Gasteiger partial charge in [0.05, 0.1) is 6.61 Å². The van der Waals surface area contributed by atoms with Gasteiger partial charge in [-0.05, 0) is 53.4 Å². The van der Waals surface area contributed by atoms with E-state index in [-0.39, 0.29) is 6.61 Å². The van der Waals surface area contributed by atoms with Gasteiger partial charge in [0.2, 0.25) is 0 Å². The lowest BCUT2D eigenvalue weighted by Gasteiger charge is -2.03. The second-order valence-electron chi connectivity index (χ2n) is 5.58. The highest BCUT2D eigenvalue weighted by Crippen LogP contribution is 2.41. The van der Waals surface area contributed by atoms with Crippen molar-refractivity contribution in [3.63, 3.8) is 0 Å². The molecule has 0 spiro atoms. The van der Waals surface area contributed by atoms with Crippen LogP contribution in [0.1, 0.15) is 53.4 Å². The van der Waals surface area contributed by atoms with E-state index >= 15 is 0 Å². The lowest BCUT2D eigenvalue weighted by molar-refractivity contribution is 0.191. The van der Waals surface area contributed by atoms with Gasteiger partial charge in [-0.3, -0.25) is 4.57 Å². The lowest BCUT2D eigenvalue weighted by atomic mass is 10.1. The standard InChI is InChI=1S/C16H28FO3P/c1-14(2)7-5-8-15(3)9-6-10-16(4)11-12-20-13-21(17,18)19/h7,9,11H,5-6,8,10,12-13H2,1-4H3,(H,18,19)/b15-9+,16-11+. The van der Waals surface area contributed by atoms with Gasteiger partial charge < -0.3 is 9.63 Å². The molecular weight excluding hydrogens is 290 g/mol. The molecule has 0 amide bonds. The molecule has 0 aliphatic carbocycles. The van der Waals surface area contributed by atoms with Crippen LogP contribution in [0.25, 0.3) is 0 Å². The van der Waals surface area contributed by atoms with Crippen LogP contribution < -0.4 is 0 Å². The Bertz CT molecular complexity index is 429. The van der Waals surface area contributed by atoms with E-state index in [0.717, 1.165) is 31.3 Å². The summed E-state index contributed by atoms with van der Waals surface area (Å²) in [6, 6.07) is 0. The van der Waals surface area contributed by atoms with E-state index in [9.17, 15) is 8.76 Å². The van der Waals surface area contributed by atoms with Gasteiger partial charge in [-0.2, -0.15) is 4.20 Å². The Kier molecular flexibility index (Phi) is 10.6. The SMILES string of the molecule is CC(C)=CCC/C(C)=C/CC/C(C)=C/COCP(=O)(O)F. The van der Waals surface area contributed by atoms with E-state index < -0.39 is 14.0 Å². The lowest BCUT2D eigenvalue weighted by Crippen LogP contribution is -1.94. The maximum absolute atomic E-state index is 12.3. The smallest absolute Gasteiger partial charge is 0.364 e. The van der Waals surface area contributed by atoms with Crippen LogP contribution in [0.5, 0.6) is 0 Å². The Morgan fingerprint density at radius 2 is 1.57 bits per heavy atom. The molecule has 122 valence electrons. The van der Waals surface area contributed by atoms with Gasteiger partial charge in [0.1, 0.15) is 0 Å². The van der Waals surface area contributed by atoms with Crippen molar-refractivity contribution in [2.45, 2.75) is 53.4 Å². The van der Waals surface area contributed by atoms with E-state index in [0.29, 0.717) is 0 Å². The molecule has 0 bridgehead atoms. The van der Waals surface area contributed by atoms with E-state index in [2.05, 4.69) is 32.9 Å². The summed E-state index contributed by atoms with van der Waals surface area (Å²) in [5.74, 6) is 0. The average Bonchev–Trinajstić information content (AvgIpc) is 2.33. The van der Waals surface area contributed by atoms with Crippen LogP contribution in [0.15, 0.2) is 34.9 Å². The molecule has 0 saturated carbocycles. The molecule has 1 unspecified atom stereocenters. The summed E-state index contributed by atoms with van der Waals surface area (Å²) >= 11 is 0. The van der Waals surface area contributed by atoms with Crippen molar-refractivity contribution in [3.05, 3.63) is 34.9 Å². The van der Waals surface area contributed by atoms with Gasteiger partial charge in [-0.1, -0.05) is 34.9 Å². The van der Waals surface area contributed by atoms with Crippen LogP contribution in [-0.4, -0.2) is 17.8 Å². The Hall–Kier alpha value is -0.700. The van der Waals surface area contributed by atoms with Crippen LogP contribution in [0.4, 0.5) is 4.20 Å². The number of hydrogen-bond donors (Lipinski definition) is 1. The molecule has 0 aromatic carbocycles. The predicted molar refractivity (Wildman–Crippen MR) is 87.2 cm³/mol. The summed E-state index contributed by atoms with van der Waals surface area (Å²) < 4.78 is 27.5. The van der Waals surface area contributed by atoms with Gasteiger partial charge in [0, 0.05) is 0 Å². The first-order valence-electron chi connectivity index (χ1n) is 7.24. The molecule has 0 saturated heterocycles. The minimum atomic E-state index is -4.54. The zero-order valence-electron chi connectivity index (χ0n) is 13.6. The van der Waals surface area contributed by atoms with Crippen LogP contribution in [0, 0.1) is 0 Å². The van der Waals surface area contributed by atoms with Gasteiger partial charge in [0.25, 0.3) is 0 Å². The molecule has 1 N–H and O–H groups in total. The monoisotopic (exact) mass is 318 g/mol. The second kappa shape index (κ2) is 10.9. The average molecular weight is 318 g/mol. The van der Waals surface area contributed by atoms with Gasteiger partial charge >= 0.3 is 7.68 Å². The van der Waals surface area contributed by atoms with Crippen LogP contribution in [0.3, 0.4) is 0 Å². The third kappa shape index (κ3) is 15.5. The molecule has 0 aromatic rings. The Morgan fingerprint density at radius 3 is 2.10 bits per heavy atom. The fourth-order valence-electron chi connectivity index (χ4n) is 1.71. The van der Waals surface area contributed by atoms with Crippen LogP contribution in [-0.2, 0) is 9.30 Å². The van der Waals surface area contributed by atoms with Gasteiger partial charge in [-0.15, -0.1) is 0 Å². The highest BCUT2D eigenvalue weighted by Gasteiger charge is 2.14. The van der Waals surface area contributed by atoms with Crippen molar-refractivity contribution < 1.29 is 18.4 Å². The fourth-order valence-corrected chi connectivity index (χ4v) is 2.04. The maximum Gasteiger partial charge on any atom is 0.389 e. The third-order valence-corrected chi connectivity index (χ3v) is 3.42. The van der Waals surface area contributed by atoms with Crippen LogP contribution >= 0.6 is 7.68 Å². The Morgan fingerprint density at radius 1 is 1.05 bits per heavy atom. The summed E-state index contributed by atoms with van der Waals surface area (Å²) in [4.78, 5) is 8.42. The first kappa shape index (κ1) is 20.3. The Balaban J connectivity index is 3.88. The third-order valence-electron chi connectivity index (χ3n) is 2.92. The van der Waals surface area contributed by atoms with E-state index in [1.165, 1.54) is 11.1 Å². The number of hydrogen-bond acceptors (Lipinski definition) is 2. The molecule has 0 aliphatic rings. The minimum Gasteiger partial charge on any atom is -0.364 e. The summed E-state index contributed by atoms with van der Waals surface area (Å²) in [6.07, 6.45) is 9.60. The first-order chi connectivity index (χ1) is 9.70. The van der Waals surface area contributed by atoms with Crippen molar-refractivity contribution in [1.82, 2.24) is 0 Å². The number of rotatable bonds is 10. The molecule has 21 heavy (non-hydrogen) atoms. The maximum atomic E-state index is 12.3. The minimum absolute atomic E-state index is 0.170. The molecule has 0 radical (unpaired) electrons. The number of allylic oxidation sites excluding steroid dienone is 5. The van der Waals surface area contributed by atoms with E-state index in [4.69, 9.17) is 9.63 Å². The second-order valence-corrected chi connectivity index (χ2v) is 7.07. The molecule has 3 nitrogen and oxygen atoms in total. The largest absolute Gasteiger partial charge is 0.389 e. The molecule has 0 heterocycles. The number of ether oxygens (including phenoxy) is 1. The predicted octanol–water partition coefficient (Wildman–Crippen LogP) is 5.53. The quantitative estimate of drug-likeness (QED) is 0.327. The van der Waals surface area contributed by atoms with Crippen molar-refractivity contribution in [3.8, 4) is 0 Å². The van der Waals surface area contributed by atoms with Crippen molar-refractivity contribution >= 4 is 7.68 Å². The molecule has 5 heteroatoms. The van der Waals surface area contributed by atoms with Crippen LogP contribution in [0.2, 0.25) is 0 Å². The van der Waals surface area contributed by atoms with Crippen molar-refractivity contribution in [1.29, 1.82) is 0 Å². The fraction of sp³-hybridized carbons (Fsp3) is 0.625. The molecule has 0 aliphatic heterocycles. The summed E-state index contributed by atoms with van der Waals surface area (Å²) in [6.45, 7) is 8.50. The highest BCUT2D eigenvalue weighted by atomic mass is 31.2. The molecular formula is C16H28FO3P. The molecule has 0 rings (SSSR count). The van der Waals surface area contributed by atoms with E-state index in [1.54, 1.807) is 0 Å². The van der Waals surface area contributed by atoms with Crippen molar-refractivity contribution in [2.24, 2.45) is 0 Å². The van der Waals surface area contributed by atoms with Gasteiger partial charge in [-0.25, -0.2) is 0 Å². The summed E-state index contributed by atoms with van der Waals surface area (Å²) in [5, 5.41) is 0. The molecule has 0 aromatic heterocycles.